The van der Waals surface area contributed by atoms with E-state index < -0.39 is 5.66 Å². The number of benzene rings is 1. The Morgan fingerprint density at radius 3 is 2.80 bits per heavy atom. The number of carbonyl (C=O) groups is 3. The minimum Gasteiger partial charge on any atom is -0.362 e. The molecule has 3 N–H and O–H groups in total. The molecule has 1 saturated heterocycles. The molecule has 0 aromatic heterocycles. The molecular weight excluding hydrogens is 320 g/mol. The molecule has 3 aliphatic rings. The summed E-state index contributed by atoms with van der Waals surface area (Å²) in [7, 11) is 0. The van der Waals surface area contributed by atoms with Gasteiger partial charge in [-0.05, 0) is 31.4 Å². The number of nitrogens with one attached hydrogen (secondary N) is 3. The summed E-state index contributed by atoms with van der Waals surface area (Å²) in [6, 6.07) is 7.66. The standard InChI is InChI=1S/C18H22N4O3/c23-15(19-12-5-6-12)11-22-10-9-18(8-7-16(22)24)20-14-4-2-1-3-13(14)17(25)21-18/h1-4,12,20H,5-11H2,(H,19,23)(H,21,25)/t18-/m0/s1. The minimum absolute atomic E-state index is 0.0438. The van der Waals surface area contributed by atoms with E-state index in [4.69, 9.17) is 0 Å². The van der Waals surface area contributed by atoms with E-state index in [1.54, 1.807) is 11.0 Å². The van der Waals surface area contributed by atoms with Crippen molar-refractivity contribution in [1.82, 2.24) is 15.5 Å². The molecule has 3 amide bonds. The summed E-state index contributed by atoms with van der Waals surface area (Å²) in [5.74, 6) is -0.266. The Balaban J connectivity index is 1.46. The van der Waals surface area contributed by atoms with Gasteiger partial charge in [0.1, 0.15) is 5.66 Å². The molecule has 0 bridgehead atoms. The maximum atomic E-state index is 12.4. The van der Waals surface area contributed by atoms with E-state index in [1.807, 2.05) is 18.2 Å². The van der Waals surface area contributed by atoms with Crippen molar-refractivity contribution in [3.05, 3.63) is 29.8 Å². The van der Waals surface area contributed by atoms with E-state index in [1.165, 1.54) is 0 Å². The number of hydrogen-bond donors (Lipinski definition) is 3. The first kappa shape index (κ1) is 15.9. The van der Waals surface area contributed by atoms with Crippen molar-refractivity contribution < 1.29 is 14.4 Å². The molecule has 7 nitrogen and oxygen atoms in total. The molecule has 1 aromatic rings. The fraction of sp³-hybridized carbons (Fsp3) is 0.500. The van der Waals surface area contributed by atoms with Crippen LogP contribution >= 0.6 is 0 Å². The van der Waals surface area contributed by atoms with Crippen molar-refractivity contribution in [2.75, 3.05) is 18.4 Å². The van der Waals surface area contributed by atoms with Crippen LogP contribution < -0.4 is 16.0 Å². The molecule has 7 heteroatoms. The lowest BCUT2D eigenvalue weighted by atomic mass is 9.95. The third-order valence-electron chi connectivity index (χ3n) is 5.10. The van der Waals surface area contributed by atoms with Crippen molar-refractivity contribution >= 4 is 23.4 Å². The number of hydrogen-bond acceptors (Lipinski definition) is 4. The molecule has 132 valence electrons. The monoisotopic (exact) mass is 342 g/mol. The van der Waals surface area contributed by atoms with E-state index in [9.17, 15) is 14.4 Å². The lowest BCUT2D eigenvalue weighted by Crippen LogP contribution is -2.58. The van der Waals surface area contributed by atoms with E-state index in [0.29, 0.717) is 31.4 Å². The van der Waals surface area contributed by atoms with Crippen LogP contribution in [0.4, 0.5) is 5.69 Å². The SMILES string of the molecule is O=C(CN1CC[C@]2(CCC1=O)NC(=O)c1ccccc1N2)NC1CC1. The summed E-state index contributed by atoms with van der Waals surface area (Å²) in [5, 5.41) is 9.36. The van der Waals surface area contributed by atoms with Crippen molar-refractivity contribution in [1.29, 1.82) is 0 Å². The van der Waals surface area contributed by atoms with Crippen LogP contribution in [0.1, 0.15) is 42.5 Å². The van der Waals surface area contributed by atoms with Gasteiger partial charge in [-0.15, -0.1) is 0 Å². The highest BCUT2D eigenvalue weighted by Crippen LogP contribution is 2.31. The third kappa shape index (κ3) is 3.31. The Labute approximate surface area is 146 Å². The Kier molecular flexibility index (Phi) is 3.86. The molecule has 1 atom stereocenters. The number of para-hydroxylation sites is 1. The number of fused-ring (bicyclic) bond motifs is 1. The van der Waals surface area contributed by atoms with Gasteiger partial charge in [-0.3, -0.25) is 14.4 Å². The van der Waals surface area contributed by atoms with Crippen molar-refractivity contribution in [3.8, 4) is 0 Å². The smallest absolute Gasteiger partial charge is 0.255 e. The Morgan fingerprint density at radius 2 is 2.00 bits per heavy atom. The zero-order chi connectivity index (χ0) is 17.4. The normalized spacial score (nSPS) is 25.7. The largest absolute Gasteiger partial charge is 0.362 e. The summed E-state index contributed by atoms with van der Waals surface area (Å²) in [4.78, 5) is 38.4. The van der Waals surface area contributed by atoms with E-state index in [2.05, 4.69) is 16.0 Å². The Morgan fingerprint density at radius 1 is 1.20 bits per heavy atom. The molecule has 2 fully saturated rings. The van der Waals surface area contributed by atoms with Crippen molar-refractivity contribution in [2.45, 2.75) is 43.8 Å². The summed E-state index contributed by atoms with van der Waals surface area (Å²) in [6.07, 6.45) is 3.42. The number of likely N-dealkylation sites (tertiary alicyclic amines) is 1. The quantitative estimate of drug-likeness (QED) is 0.759. The summed E-state index contributed by atoms with van der Waals surface area (Å²) >= 11 is 0. The maximum Gasteiger partial charge on any atom is 0.255 e. The molecule has 1 spiro atoms. The van der Waals surface area contributed by atoms with Crippen LogP contribution in [-0.4, -0.2) is 47.4 Å². The van der Waals surface area contributed by atoms with Gasteiger partial charge >= 0.3 is 0 Å². The summed E-state index contributed by atoms with van der Waals surface area (Å²) in [5.41, 5.74) is 0.769. The molecule has 0 radical (unpaired) electrons. The Hall–Kier alpha value is -2.57. The molecule has 4 rings (SSSR count). The predicted octanol–water partition coefficient (Wildman–Crippen LogP) is 0.829. The van der Waals surface area contributed by atoms with Crippen LogP contribution in [-0.2, 0) is 9.59 Å². The second-order valence-corrected chi connectivity index (χ2v) is 7.11. The minimum atomic E-state index is -0.636. The average molecular weight is 342 g/mol. The van der Waals surface area contributed by atoms with E-state index in [0.717, 1.165) is 18.5 Å². The maximum absolute atomic E-state index is 12.4. The zero-order valence-electron chi connectivity index (χ0n) is 14.0. The lowest BCUT2D eigenvalue weighted by Gasteiger charge is -2.39. The topological polar surface area (TPSA) is 90.5 Å². The molecule has 1 aromatic carbocycles. The van der Waals surface area contributed by atoms with Gasteiger partial charge in [-0.2, -0.15) is 0 Å². The number of anilines is 1. The van der Waals surface area contributed by atoms with Crippen LogP contribution in [0.5, 0.6) is 0 Å². The average Bonchev–Trinajstić information content (AvgIpc) is 3.41. The highest BCUT2D eigenvalue weighted by Gasteiger charge is 2.40. The van der Waals surface area contributed by atoms with Crippen LogP contribution in [0.2, 0.25) is 0 Å². The van der Waals surface area contributed by atoms with Gasteiger partial charge < -0.3 is 20.9 Å². The van der Waals surface area contributed by atoms with Gasteiger partial charge in [0.2, 0.25) is 11.8 Å². The van der Waals surface area contributed by atoms with Gasteiger partial charge in [0.25, 0.3) is 5.91 Å². The zero-order valence-corrected chi connectivity index (χ0v) is 14.0. The van der Waals surface area contributed by atoms with Gasteiger partial charge in [0, 0.05) is 31.1 Å². The molecule has 2 heterocycles. The molecular formula is C18H22N4O3. The second kappa shape index (κ2) is 6.06. The van der Waals surface area contributed by atoms with Crippen molar-refractivity contribution in [2.24, 2.45) is 0 Å². The molecule has 1 aliphatic carbocycles. The van der Waals surface area contributed by atoms with Crippen LogP contribution in [0.15, 0.2) is 24.3 Å². The fourth-order valence-electron chi connectivity index (χ4n) is 3.51. The van der Waals surface area contributed by atoms with Gasteiger partial charge in [-0.1, -0.05) is 12.1 Å². The second-order valence-electron chi connectivity index (χ2n) is 7.11. The van der Waals surface area contributed by atoms with Crippen LogP contribution in [0, 0.1) is 0 Å². The third-order valence-corrected chi connectivity index (χ3v) is 5.10. The highest BCUT2D eigenvalue weighted by atomic mass is 16.2. The molecule has 0 unspecified atom stereocenters. The van der Waals surface area contributed by atoms with Gasteiger partial charge in [0.15, 0.2) is 0 Å². The van der Waals surface area contributed by atoms with Gasteiger partial charge in [0.05, 0.1) is 12.1 Å². The first-order valence-electron chi connectivity index (χ1n) is 8.82. The predicted molar refractivity (Wildman–Crippen MR) is 91.9 cm³/mol. The number of nitrogens with zero attached hydrogens (tertiary/aromatic N) is 1. The lowest BCUT2D eigenvalue weighted by molar-refractivity contribution is -0.135. The Bertz CT molecular complexity index is 731. The van der Waals surface area contributed by atoms with Crippen LogP contribution in [0.25, 0.3) is 0 Å². The van der Waals surface area contributed by atoms with Crippen LogP contribution in [0.3, 0.4) is 0 Å². The molecule has 25 heavy (non-hydrogen) atoms. The molecule has 1 saturated carbocycles. The van der Waals surface area contributed by atoms with E-state index in [-0.39, 0.29) is 30.3 Å². The van der Waals surface area contributed by atoms with E-state index >= 15 is 0 Å². The number of carbonyl (C=O) groups excluding carboxylic acids is 3. The fourth-order valence-corrected chi connectivity index (χ4v) is 3.51. The summed E-state index contributed by atoms with van der Waals surface area (Å²) in [6.45, 7) is 0.530. The van der Waals surface area contributed by atoms with Gasteiger partial charge in [-0.25, -0.2) is 0 Å². The first-order valence-corrected chi connectivity index (χ1v) is 8.82. The number of amides is 3. The summed E-state index contributed by atoms with van der Waals surface area (Å²) < 4.78 is 0. The highest BCUT2D eigenvalue weighted by molar-refractivity contribution is 6.02. The molecule has 2 aliphatic heterocycles. The van der Waals surface area contributed by atoms with Crippen molar-refractivity contribution in [3.63, 3.8) is 0 Å². The first-order chi connectivity index (χ1) is 12.0. The number of rotatable bonds is 3.